The van der Waals surface area contributed by atoms with Crippen LogP contribution in [0, 0.1) is 17.2 Å². The number of anilines is 1. The van der Waals surface area contributed by atoms with E-state index in [1.807, 2.05) is 0 Å². The summed E-state index contributed by atoms with van der Waals surface area (Å²) >= 11 is 0. The Bertz CT molecular complexity index is 569. The fraction of sp³-hybridized carbons (Fsp3) is 0.467. The Morgan fingerprint density at radius 2 is 1.90 bits per heavy atom. The largest absolute Gasteiger partial charge is 0.416 e. The van der Waals surface area contributed by atoms with E-state index in [-0.39, 0.29) is 23.1 Å². The summed E-state index contributed by atoms with van der Waals surface area (Å²) in [5.41, 5.74) is -0.926. The number of hydrogen-bond acceptors (Lipinski definition) is 2. The molecule has 0 radical (unpaired) electrons. The Hall–Kier alpha value is -2.03. The highest BCUT2D eigenvalue weighted by Crippen LogP contribution is 2.32. The van der Waals surface area contributed by atoms with E-state index in [0.29, 0.717) is 0 Å². The summed E-state index contributed by atoms with van der Waals surface area (Å²) in [6, 6.07) is 4.48. The first kappa shape index (κ1) is 15.4. The number of amides is 1. The zero-order valence-corrected chi connectivity index (χ0v) is 11.3. The lowest BCUT2D eigenvalue weighted by Gasteiger charge is -2.21. The van der Waals surface area contributed by atoms with E-state index < -0.39 is 11.7 Å². The van der Waals surface area contributed by atoms with E-state index in [1.54, 1.807) is 6.07 Å². The lowest BCUT2D eigenvalue weighted by atomic mass is 9.88. The number of nitrogens with one attached hydrogen (secondary N) is 1. The monoisotopic (exact) mass is 296 g/mol. The van der Waals surface area contributed by atoms with Crippen LogP contribution in [0.4, 0.5) is 18.9 Å². The highest BCUT2D eigenvalue weighted by molar-refractivity contribution is 5.93. The number of alkyl halides is 3. The van der Waals surface area contributed by atoms with E-state index in [2.05, 4.69) is 5.32 Å². The number of hydrogen-bond donors (Lipinski definition) is 1. The lowest BCUT2D eigenvalue weighted by Crippen LogP contribution is -2.25. The van der Waals surface area contributed by atoms with Gasteiger partial charge < -0.3 is 5.32 Å². The maximum Gasteiger partial charge on any atom is 0.416 e. The quantitative estimate of drug-likeness (QED) is 0.893. The Balaban J connectivity index is 2.16. The zero-order valence-electron chi connectivity index (χ0n) is 11.3. The van der Waals surface area contributed by atoms with Crippen molar-refractivity contribution in [1.82, 2.24) is 0 Å². The molecule has 0 bridgehead atoms. The average molecular weight is 296 g/mol. The van der Waals surface area contributed by atoms with Crippen LogP contribution in [0.25, 0.3) is 0 Å². The minimum Gasteiger partial charge on any atom is -0.325 e. The summed E-state index contributed by atoms with van der Waals surface area (Å²) in [7, 11) is 0. The fourth-order valence-corrected chi connectivity index (χ4v) is 2.52. The van der Waals surface area contributed by atoms with Gasteiger partial charge in [0.1, 0.15) is 6.07 Å². The Kier molecular flexibility index (Phi) is 4.51. The molecule has 1 aromatic rings. The molecule has 0 unspecified atom stereocenters. The lowest BCUT2D eigenvalue weighted by molar-refractivity contribution is -0.137. The molecule has 0 saturated heterocycles. The molecule has 21 heavy (non-hydrogen) atoms. The first-order chi connectivity index (χ1) is 9.91. The van der Waals surface area contributed by atoms with Crippen LogP contribution in [0.15, 0.2) is 18.2 Å². The topological polar surface area (TPSA) is 52.9 Å². The molecule has 1 aliphatic rings. The zero-order chi connectivity index (χ0) is 15.5. The first-order valence-corrected chi connectivity index (χ1v) is 6.84. The molecule has 1 aromatic carbocycles. The predicted molar refractivity (Wildman–Crippen MR) is 71.4 cm³/mol. The van der Waals surface area contributed by atoms with Crippen molar-refractivity contribution in [1.29, 1.82) is 5.26 Å². The van der Waals surface area contributed by atoms with Crippen LogP contribution < -0.4 is 5.32 Å². The van der Waals surface area contributed by atoms with Crippen LogP contribution in [-0.2, 0) is 11.0 Å². The van der Waals surface area contributed by atoms with Gasteiger partial charge in [0.05, 0.1) is 16.8 Å². The molecule has 1 amide bonds. The summed E-state index contributed by atoms with van der Waals surface area (Å²) in [6.45, 7) is 0. The normalized spacial score (nSPS) is 16.3. The summed E-state index contributed by atoms with van der Waals surface area (Å²) in [4.78, 5) is 12.1. The molecular formula is C15H15F3N2O. The van der Waals surface area contributed by atoms with Gasteiger partial charge in [-0.25, -0.2) is 0 Å². The third-order valence-corrected chi connectivity index (χ3v) is 3.70. The highest BCUT2D eigenvalue weighted by atomic mass is 19.4. The van der Waals surface area contributed by atoms with E-state index >= 15 is 0 Å². The second-order valence-electron chi connectivity index (χ2n) is 5.19. The van der Waals surface area contributed by atoms with Gasteiger partial charge in [0.15, 0.2) is 0 Å². The molecule has 0 aromatic heterocycles. The van der Waals surface area contributed by atoms with Crippen molar-refractivity contribution in [2.75, 3.05) is 5.32 Å². The summed E-state index contributed by atoms with van der Waals surface area (Å²) in [5, 5.41) is 11.5. The maximum absolute atomic E-state index is 12.6. The number of nitriles is 1. The first-order valence-electron chi connectivity index (χ1n) is 6.84. The van der Waals surface area contributed by atoms with E-state index in [4.69, 9.17) is 5.26 Å². The van der Waals surface area contributed by atoms with Crippen molar-refractivity contribution in [3.63, 3.8) is 0 Å². The molecule has 0 aliphatic heterocycles. The van der Waals surface area contributed by atoms with Gasteiger partial charge in [0.2, 0.25) is 5.91 Å². The Morgan fingerprint density at radius 3 is 2.48 bits per heavy atom. The van der Waals surface area contributed by atoms with Gasteiger partial charge in [-0.1, -0.05) is 19.3 Å². The molecular weight excluding hydrogens is 281 g/mol. The van der Waals surface area contributed by atoms with E-state index in [1.165, 1.54) is 0 Å². The van der Waals surface area contributed by atoms with Crippen molar-refractivity contribution in [2.24, 2.45) is 5.92 Å². The maximum atomic E-state index is 12.6. The third kappa shape index (κ3) is 3.75. The second-order valence-corrected chi connectivity index (χ2v) is 5.19. The molecule has 112 valence electrons. The molecule has 0 spiro atoms. The minimum absolute atomic E-state index is 0.118. The van der Waals surface area contributed by atoms with Crippen molar-refractivity contribution >= 4 is 11.6 Å². The molecule has 1 aliphatic carbocycles. The Morgan fingerprint density at radius 1 is 1.24 bits per heavy atom. The number of carbonyl (C=O) groups is 1. The molecule has 1 saturated carbocycles. The van der Waals surface area contributed by atoms with Gasteiger partial charge in [0.25, 0.3) is 0 Å². The molecule has 2 rings (SSSR count). The Labute approximate surface area is 120 Å². The number of benzene rings is 1. The molecule has 3 nitrogen and oxygen atoms in total. The highest BCUT2D eigenvalue weighted by Gasteiger charge is 2.31. The predicted octanol–water partition coefficient (Wildman–Crippen LogP) is 4.10. The van der Waals surface area contributed by atoms with Crippen molar-refractivity contribution in [2.45, 2.75) is 38.3 Å². The van der Waals surface area contributed by atoms with Gasteiger partial charge in [0, 0.05) is 5.92 Å². The van der Waals surface area contributed by atoms with Crippen molar-refractivity contribution < 1.29 is 18.0 Å². The molecule has 0 heterocycles. The summed E-state index contributed by atoms with van der Waals surface area (Å²) in [6.07, 6.45) is 0.139. The molecule has 6 heteroatoms. The minimum atomic E-state index is -4.50. The second kappa shape index (κ2) is 6.17. The number of halogens is 3. The van der Waals surface area contributed by atoms with Crippen LogP contribution in [0.5, 0.6) is 0 Å². The molecule has 1 fully saturated rings. The van der Waals surface area contributed by atoms with Gasteiger partial charge >= 0.3 is 6.18 Å². The van der Waals surface area contributed by atoms with E-state index in [9.17, 15) is 18.0 Å². The van der Waals surface area contributed by atoms with Crippen LogP contribution in [0.3, 0.4) is 0 Å². The fourth-order valence-electron chi connectivity index (χ4n) is 2.52. The average Bonchev–Trinajstić information content (AvgIpc) is 2.47. The third-order valence-electron chi connectivity index (χ3n) is 3.70. The molecule has 1 N–H and O–H groups in total. The van der Waals surface area contributed by atoms with Gasteiger partial charge in [-0.05, 0) is 31.0 Å². The number of rotatable bonds is 2. The number of carbonyl (C=O) groups excluding carboxylic acids is 1. The van der Waals surface area contributed by atoms with Crippen LogP contribution in [0.1, 0.15) is 43.2 Å². The van der Waals surface area contributed by atoms with Gasteiger partial charge in [-0.3, -0.25) is 4.79 Å². The SMILES string of the molecule is N#Cc1cc(C(F)(F)F)ccc1NC(=O)C1CCCCC1. The van der Waals surface area contributed by atoms with E-state index in [0.717, 1.165) is 50.3 Å². The van der Waals surface area contributed by atoms with Crippen LogP contribution in [0.2, 0.25) is 0 Å². The van der Waals surface area contributed by atoms with Crippen molar-refractivity contribution in [3.8, 4) is 6.07 Å². The standard InChI is InChI=1S/C15H15F3N2O/c16-15(17,18)12-6-7-13(11(8-12)9-19)20-14(21)10-4-2-1-3-5-10/h6-8,10H,1-5H2,(H,20,21). The number of nitrogens with zero attached hydrogens (tertiary/aromatic N) is 1. The van der Waals surface area contributed by atoms with Crippen molar-refractivity contribution in [3.05, 3.63) is 29.3 Å². The summed E-state index contributed by atoms with van der Waals surface area (Å²) < 4.78 is 37.8. The van der Waals surface area contributed by atoms with Gasteiger partial charge in [-0.15, -0.1) is 0 Å². The van der Waals surface area contributed by atoms with Crippen LogP contribution >= 0.6 is 0 Å². The smallest absolute Gasteiger partial charge is 0.325 e. The molecule has 0 atom stereocenters. The van der Waals surface area contributed by atoms with Crippen LogP contribution in [-0.4, -0.2) is 5.91 Å². The van der Waals surface area contributed by atoms with Gasteiger partial charge in [-0.2, -0.15) is 18.4 Å². The summed E-state index contributed by atoms with van der Waals surface area (Å²) in [5.74, 6) is -0.335.